The highest BCUT2D eigenvalue weighted by atomic mass is 79.9. The van der Waals surface area contributed by atoms with Crippen LogP contribution in [-0.4, -0.2) is 42.3 Å². The summed E-state index contributed by atoms with van der Waals surface area (Å²) in [5, 5.41) is 5.26. The maximum absolute atomic E-state index is 12.6. The molecule has 2 aromatic carbocycles. The number of piperidine rings is 1. The standard InChI is InChI=1S/C21H22BrN3O3/c22-18-9-5-4-8-17(18)21(28)25-12-10-15(11-13-25)14-23-19(26)20(27)24-16-6-2-1-3-7-16/h1-9,15H,10-14H2,(H,23,26)(H,24,27). The first-order chi connectivity index (χ1) is 13.5. The topological polar surface area (TPSA) is 78.5 Å². The largest absolute Gasteiger partial charge is 0.348 e. The Morgan fingerprint density at radius 3 is 2.25 bits per heavy atom. The Balaban J connectivity index is 1.43. The van der Waals surface area contributed by atoms with Gasteiger partial charge in [0.1, 0.15) is 0 Å². The van der Waals surface area contributed by atoms with E-state index < -0.39 is 11.8 Å². The van der Waals surface area contributed by atoms with Crippen molar-refractivity contribution in [1.29, 1.82) is 0 Å². The van der Waals surface area contributed by atoms with Crippen molar-refractivity contribution >= 4 is 39.3 Å². The normalized spacial score (nSPS) is 14.4. The molecule has 0 bridgehead atoms. The lowest BCUT2D eigenvalue weighted by atomic mass is 9.96. The quantitative estimate of drug-likeness (QED) is 0.712. The van der Waals surface area contributed by atoms with Crippen LogP contribution in [0.2, 0.25) is 0 Å². The molecule has 1 fully saturated rings. The van der Waals surface area contributed by atoms with E-state index in [1.807, 2.05) is 35.2 Å². The van der Waals surface area contributed by atoms with E-state index in [0.717, 1.165) is 17.3 Å². The van der Waals surface area contributed by atoms with Crippen molar-refractivity contribution in [1.82, 2.24) is 10.2 Å². The van der Waals surface area contributed by atoms with Crippen LogP contribution >= 0.6 is 15.9 Å². The summed E-state index contributed by atoms with van der Waals surface area (Å²) in [6.07, 6.45) is 1.58. The highest BCUT2D eigenvalue weighted by Gasteiger charge is 2.25. The lowest BCUT2D eigenvalue weighted by Gasteiger charge is -2.32. The number of nitrogens with zero attached hydrogens (tertiary/aromatic N) is 1. The Morgan fingerprint density at radius 2 is 1.57 bits per heavy atom. The van der Waals surface area contributed by atoms with Gasteiger partial charge in [0.15, 0.2) is 0 Å². The van der Waals surface area contributed by atoms with Crippen molar-refractivity contribution in [3.8, 4) is 0 Å². The SMILES string of the molecule is O=C(NCC1CCN(C(=O)c2ccccc2Br)CC1)C(=O)Nc1ccccc1. The molecule has 0 unspecified atom stereocenters. The van der Waals surface area contributed by atoms with Gasteiger partial charge in [0, 0.05) is 29.8 Å². The molecule has 6 nitrogen and oxygen atoms in total. The van der Waals surface area contributed by atoms with Gasteiger partial charge in [-0.3, -0.25) is 14.4 Å². The molecule has 2 N–H and O–H groups in total. The maximum Gasteiger partial charge on any atom is 0.313 e. The van der Waals surface area contributed by atoms with Crippen molar-refractivity contribution in [2.45, 2.75) is 12.8 Å². The minimum atomic E-state index is -0.673. The molecular formula is C21H22BrN3O3. The summed E-state index contributed by atoms with van der Waals surface area (Å²) in [6.45, 7) is 1.70. The molecule has 1 aliphatic rings. The number of halogens is 1. The Bertz CT molecular complexity index is 849. The molecule has 0 aliphatic carbocycles. The molecule has 0 aromatic heterocycles. The number of anilines is 1. The van der Waals surface area contributed by atoms with Crippen LogP contribution in [0.25, 0.3) is 0 Å². The van der Waals surface area contributed by atoms with Gasteiger partial charge in [-0.15, -0.1) is 0 Å². The third-order valence-corrected chi connectivity index (χ3v) is 5.49. The molecule has 0 radical (unpaired) electrons. The lowest BCUT2D eigenvalue weighted by Crippen LogP contribution is -2.43. The molecular weight excluding hydrogens is 422 g/mol. The zero-order valence-corrected chi connectivity index (χ0v) is 16.9. The number of carbonyl (C=O) groups excluding carboxylic acids is 3. The van der Waals surface area contributed by atoms with E-state index in [4.69, 9.17) is 0 Å². The van der Waals surface area contributed by atoms with Crippen LogP contribution in [0.15, 0.2) is 59.1 Å². The number of nitrogens with one attached hydrogen (secondary N) is 2. The highest BCUT2D eigenvalue weighted by Crippen LogP contribution is 2.22. The fourth-order valence-corrected chi connectivity index (χ4v) is 3.63. The molecule has 0 atom stereocenters. The van der Waals surface area contributed by atoms with Gasteiger partial charge in [0.25, 0.3) is 5.91 Å². The number of rotatable bonds is 4. The van der Waals surface area contributed by atoms with Gasteiger partial charge in [-0.05, 0) is 59.0 Å². The monoisotopic (exact) mass is 443 g/mol. The molecule has 1 saturated heterocycles. The predicted octanol–water partition coefficient (Wildman–Crippen LogP) is 3.06. The summed E-state index contributed by atoms with van der Waals surface area (Å²) in [4.78, 5) is 38.4. The van der Waals surface area contributed by atoms with Gasteiger partial charge in [-0.1, -0.05) is 30.3 Å². The second-order valence-corrected chi connectivity index (χ2v) is 7.60. The van der Waals surface area contributed by atoms with Crippen LogP contribution in [0.1, 0.15) is 23.2 Å². The first-order valence-electron chi connectivity index (χ1n) is 9.22. The van der Waals surface area contributed by atoms with Crippen molar-refractivity contribution in [3.63, 3.8) is 0 Å². The van der Waals surface area contributed by atoms with Gasteiger partial charge >= 0.3 is 11.8 Å². The van der Waals surface area contributed by atoms with Crippen molar-refractivity contribution < 1.29 is 14.4 Å². The first kappa shape index (κ1) is 20.1. The van der Waals surface area contributed by atoms with Crippen LogP contribution < -0.4 is 10.6 Å². The Kier molecular flexibility index (Phi) is 6.81. The molecule has 1 aliphatic heterocycles. The molecule has 0 saturated carbocycles. The molecule has 146 valence electrons. The molecule has 3 rings (SSSR count). The summed E-state index contributed by atoms with van der Waals surface area (Å²) < 4.78 is 0.791. The van der Waals surface area contributed by atoms with Gasteiger partial charge < -0.3 is 15.5 Å². The van der Waals surface area contributed by atoms with Crippen molar-refractivity contribution in [2.75, 3.05) is 25.0 Å². The van der Waals surface area contributed by atoms with Gasteiger partial charge in [0.2, 0.25) is 0 Å². The first-order valence-corrected chi connectivity index (χ1v) is 10.0. The number of amides is 3. The summed E-state index contributed by atoms with van der Waals surface area (Å²) in [6, 6.07) is 16.3. The van der Waals surface area contributed by atoms with Crippen LogP contribution in [0.3, 0.4) is 0 Å². The fraction of sp³-hybridized carbons (Fsp3) is 0.286. The van der Waals surface area contributed by atoms with Gasteiger partial charge in [-0.25, -0.2) is 0 Å². The van der Waals surface area contributed by atoms with E-state index >= 15 is 0 Å². The number of hydrogen-bond donors (Lipinski definition) is 2. The van der Waals surface area contributed by atoms with Gasteiger partial charge in [0.05, 0.1) is 5.56 Å². The minimum Gasteiger partial charge on any atom is -0.348 e. The second kappa shape index (κ2) is 9.50. The number of hydrogen-bond acceptors (Lipinski definition) is 3. The van der Waals surface area contributed by atoms with Crippen molar-refractivity contribution in [2.24, 2.45) is 5.92 Å². The predicted molar refractivity (Wildman–Crippen MR) is 111 cm³/mol. The van der Waals surface area contributed by atoms with E-state index in [2.05, 4.69) is 26.6 Å². The Morgan fingerprint density at radius 1 is 0.929 bits per heavy atom. The van der Waals surface area contributed by atoms with Crippen LogP contribution in [0.4, 0.5) is 5.69 Å². The molecule has 28 heavy (non-hydrogen) atoms. The Labute approximate surface area is 172 Å². The zero-order chi connectivity index (χ0) is 19.9. The summed E-state index contributed by atoms with van der Waals surface area (Å²) in [5.41, 5.74) is 1.24. The molecule has 0 spiro atoms. The number of para-hydroxylation sites is 1. The number of likely N-dealkylation sites (tertiary alicyclic amines) is 1. The van der Waals surface area contributed by atoms with E-state index in [9.17, 15) is 14.4 Å². The third-order valence-electron chi connectivity index (χ3n) is 4.80. The van der Waals surface area contributed by atoms with Crippen LogP contribution in [0, 0.1) is 5.92 Å². The number of benzene rings is 2. The molecule has 2 aromatic rings. The average molecular weight is 444 g/mol. The smallest absolute Gasteiger partial charge is 0.313 e. The van der Waals surface area contributed by atoms with E-state index in [-0.39, 0.29) is 11.8 Å². The summed E-state index contributed by atoms with van der Waals surface area (Å²) in [5.74, 6) is -1.06. The average Bonchev–Trinajstić information content (AvgIpc) is 2.73. The fourth-order valence-electron chi connectivity index (χ4n) is 3.17. The Hall–Kier alpha value is -2.67. The van der Waals surface area contributed by atoms with Crippen LogP contribution in [-0.2, 0) is 9.59 Å². The maximum atomic E-state index is 12.6. The third kappa shape index (κ3) is 5.19. The van der Waals surface area contributed by atoms with Crippen molar-refractivity contribution in [3.05, 3.63) is 64.6 Å². The molecule has 1 heterocycles. The molecule has 3 amide bonds. The van der Waals surface area contributed by atoms with E-state index in [0.29, 0.717) is 30.9 Å². The van der Waals surface area contributed by atoms with Crippen LogP contribution in [0.5, 0.6) is 0 Å². The highest BCUT2D eigenvalue weighted by molar-refractivity contribution is 9.10. The minimum absolute atomic E-state index is 0.0113. The molecule has 7 heteroatoms. The second-order valence-electron chi connectivity index (χ2n) is 6.75. The lowest BCUT2D eigenvalue weighted by molar-refractivity contribution is -0.136. The summed E-state index contributed by atoms with van der Waals surface area (Å²) in [7, 11) is 0. The summed E-state index contributed by atoms with van der Waals surface area (Å²) >= 11 is 3.42. The zero-order valence-electron chi connectivity index (χ0n) is 15.4. The van der Waals surface area contributed by atoms with Gasteiger partial charge in [-0.2, -0.15) is 0 Å². The van der Waals surface area contributed by atoms with E-state index in [1.54, 1.807) is 24.3 Å². The number of carbonyl (C=O) groups is 3. The van der Waals surface area contributed by atoms with E-state index in [1.165, 1.54) is 0 Å².